The third-order valence-electron chi connectivity index (χ3n) is 3.99. The molecule has 1 aromatic carbocycles. The second kappa shape index (κ2) is 7.81. The van der Waals surface area contributed by atoms with Crippen LogP contribution < -0.4 is 4.74 Å². The molecule has 24 heavy (non-hydrogen) atoms. The first-order valence-corrected chi connectivity index (χ1v) is 7.81. The molecule has 1 unspecified atom stereocenters. The van der Waals surface area contributed by atoms with Crippen molar-refractivity contribution >= 4 is 17.8 Å². The van der Waals surface area contributed by atoms with Crippen molar-refractivity contribution in [1.29, 1.82) is 0 Å². The summed E-state index contributed by atoms with van der Waals surface area (Å²) in [6.07, 6.45) is -0.872. The topological polar surface area (TPSA) is 76.2 Å². The fourth-order valence-electron chi connectivity index (χ4n) is 2.50. The molecule has 1 aromatic rings. The Bertz CT molecular complexity index is 606. The van der Waals surface area contributed by atoms with Crippen LogP contribution in [0.5, 0.6) is 5.75 Å². The summed E-state index contributed by atoms with van der Waals surface area (Å²) in [5.41, 5.74) is 0.358. The van der Waals surface area contributed by atoms with E-state index in [1.807, 2.05) is 0 Å². The zero-order valence-corrected chi connectivity index (χ0v) is 14.2. The van der Waals surface area contributed by atoms with Gasteiger partial charge in [0.05, 0.1) is 12.7 Å². The van der Waals surface area contributed by atoms with Gasteiger partial charge in [0.25, 0.3) is 5.91 Å². The summed E-state index contributed by atoms with van der Waals surface area (Å²) in [4.78, 5) is 39.1. The minimum absolute atomic E-state index is 0.00100. The number of benzene rings is 1. The number of methoxy groups -OCH3 is 1. The molecule has 1 saturated heterocycles. The molecule has 1 fully saturated rings. The molecule has 1 atom stereocenters. The van der Waals surface area contributed by atoms with Gasteiger partial charge in [-0.3, -0.25) is 9.59 Å². The molecule has 1 aliphatic rings. The van der Waals surface area contributed by atoms with Crippen LogP contribution in [0.3, 0.4) is 0 Å². The van der Waals surface area contributed by atoms with Crippen LogP contribution in [-0.4, -0.2) is 67.0 Å². The summed E-state index contributed by atoms with van der Waals surface area (Å²) >= 11 is 0. The fourth-order valence-corrected chi connectivity index (χ4v) is 2.50. The lowest BCUT2D eigenvalue weighted by Crippen LogP contribution is -2.52. The molecular weight excluding hydrogens is 312 g/mol. The number of hydrogen-bond donors (Lipinski definition) is 0. The van der Waals surface area contributed by atoms with Gasteiger partial charge >= 0.3 is 5.97 Å². The van der Waals surface area contributed by atoms with Gasteiger partial charge in [0.1, 0.15) is 5.75 Å². The summed E-state index contributed by atoms with van der Waals surface area (Å²) in [5, 5.41) is 0. The lowest BCUT2D eigenvalue weighted by atomic mass is 10.2. The molecule has 7 heteroatoms. The zero-order chi connectivity index (χ0) is 17.7. The summed E-state index contributed by atoms with van der Waals surface area (Å²) < 4.78 is 10.3. The highest BCUT2D eigenvalue weighted by molar-refractivity contribution is 5.92. The standard InChI is InChI=1S/C17H22N2O5/c1-12(16(21)19-10-8-18(9-11-19)13(2)20)24-17(22)14-4-6-15(23-3)7-5-14/h4-7,12H,8-11H2,1-3H3. The molecular formula is C17H22N2O5. The van der Waals surface area contributed by atoms with Crippen LogP contribution in [0.25, 0.3) is 0 Å². The minimum Gasteiger partial charge on any atom is -0.497 e. The van der Waals surface area contributed by atoms with Crippen LogP contribution in [0, 0.1) is 0 Å². The van der Waals surface area contributed by atoms with E-state index in [1.54, 1.807) is 48.1 Å². The van der Waals surface area contributed by atoms with E-state index in [-0.39, 0.29) is 11.8 Å². The van der Waals surface area contributed by atoms with Gasteiger partial charge in [-0.15, -0.1) is 0 Å². The van der Waals surface area contributed by atoms with Crippen molar-refractivity contribution in [3.8, 4) is 5.75 Å². The van der Waals surface area contributed by atoms with Gasteiger partial charge in [-0.25, -0.2) is 4.79 Å². The van der Waals surface area contributed by atoms with Gasteiger partial charge in [-0.2, -0.15) is 0 Å². The Morgan fingerprint density at radius 2 is 1.54 bits per heavy atom. The number of nitrogens with zero attached hydrogens (tertiary/aromatic N) is 2. The highest BCUT2D eigenvalue weighted by Crippen LogP contribution is 2.13. The second-order valence-corrected chi connectivity index (χ2v) is 5.61. The molecule has 7 nitrogen and oxygen atoms in total. The van der Waals surface area contributed by atoms with E-state index in [1.165, 1.54) is 6.92 Å². The fraction of sp³-hybridized carbons (Fsp3) is 0.471. The number of hydrogen-bond acceptors (Lipinski definition) is 5. The van der Waals surface area contributed by atoms with E-state index < -0.39 is 12.1 Å². The van der Waals surface area contributed by atoms with Crippen LogP contribution in [0.4, 0.5) is 0 Å². The number of carbonyl (C=O) groups is 3. The van der Waals surface area contributed by atoms with Crippen LogP contribution in [0.15, 0.2) is 24.3 Å². The van der Waals surface area contributed by atoms with Crippen molar-refractivity contribution in [2.24, 2.45) is 0 Å². The van der Waals surface area contributed by atoms with E-state index >= 15 is 0 Å². The van der Waals surface area contributed by atoms with Crippen molar-refractivity contribution in [2.75, 3.05) is 33.3 Å². The molecule has 0 spiro atoms. The molecule has 0 saturated carbocycles. The molecule has 0 N–H and O–H groups in total. The van der Waals surface area contributed by atoms with E-state index in [9.17, 15) is 14.4 Å². The molecule has 1 heterocycles. The number of piperazine rings is 1. The van der Waals surface area contributed by atoms with Gasteiger partial charge in [0, 0.05) is 33.1 Å². The Morgan fingerprint density at radius 1 is 1.00 bits per heavy atom. The van der Waals surface area contributed by atoms with E-state index in [2.05, 4.69) is 0 Å². The molecule has 2 rings (SSSR count). The second-order valence-electron chi connectivity index (χ2n) is 5.61. The van der Waals surface area contributed by atoms with Crippen molar-refractivity contribution < 1.29 is 23.9 Å². The Kier molecular flexibility index (Phi) is 5.78. The summed E-state index contributed by atoms with van der Waals surface area (Å²) in [5.74, 6) is -0.166. The smallest absolute Gasteiger partial charge is 0.338 e. The molecule has 0 bridgehead atoms. The monoisotopic (exact) mass is 334 g/mol. The Balaban J connectivity index is 1.89. The molecule has 0 aromatic heterocycles. The number of ether oxygens (including phenoxy) is 2. The van der Waals surface area contributed by atoms with Crippen molar-refractivity contribution in [3.63, 3.8) is 0 Å². The molecule has 2 amide bonds. The predicted octanol–water partition coefficient (Wildman–Crippen LogP) is 0.931. The first kappa shape index (κ1) is 17.8. The maximum Gasteiger partial charge on any atom is 0.338 e. The molecule has 0 radical (unpaired) electrons. The average molecular weight is 334 g/mol. The Labute approximate surface area is 141 Å². The number of amides is 2. The SMILES string of the molecule is COc1ccc(C(=O)OC(C)C(=O)N2CCN(C(C)=O)CC2)cc1. The Hall–Kier alpha value is -2.57. The normalized spacial score (nSPS) is 15.6. The summed E-state index contributed by atoms with van der Waals surface area (Å²) in [6.45, 7) is 4.96. The van der Waals surface area contributed by atoms with Crippen molar-refractivity contribution in [3.05, 3.63) is 29.8 Å². The predicted molar refractivity (Wildman–Crippen MR) is 86.7 cm³/mol. The highest BCUT2D eigenvalue weighted by Gasteiger charge is 2.28. The first-order chi connectivity index (χ1) is 11.4. The van der Waals surface area contributed by atoms with Gasteiger partial charge in [-0.05, 0) is 31.2 Å². The summed E-state index contributed by atoms with van der Waals surface area (Å²) in [6, 6.07) is 6.49. The van der Waals surface area contributed by atoms with Crippen LogP contribution in [0.2, 0.25) is 0 Å². The average Bonchev–Trinajstić information content (AvgIpc) is 2.61. The van der Waals surface area contributed by atoms with Gasteiger partial charge in [0.2, 0.25) is 5.91 Å². The minimum atomic E-state index is -0.872. The lowest BCUT2D eigenvalue weighted by Gasteiger charge is -2.35. The Morgan fingerprint density at radius 3 is 2.04 bits per heavy atom. The molecule has 1 aliphatic heterocycles. The van der Waals surface area contributed by atoms with Gasteiger partial charge in [-0.1, -0.05) is 0 Å². The third-order valence-corrected chi connectivity index (χ3v) is 3.99. The maximum absolute atomic E-state index is 12.4. The lowest BCUT2D eigenvalue weighted by molar-refractivity contribution is -0.144. The zero-order valence-electron chi connectivity index (χ0n) is 14.2. The van der Waals surface area contributed by atoms with Crippen LogP contribution >= 0.6 is 0 Å². The largest absolute Gasteiger partial charge is 0.497 e. The van der Waals surface area contributed by atoms with Gasteiger partial charge < -0.3 is 19.3 Å². The summed E-state index contributed by atoms with van der Waals surface area (Å²) in [7, 11) is 1.54. The quantitative estimate of drug-likeness (QED) is 0.766. The molecule has 0 aliphatic carbocycles. The van der Waals surface area contributed by atoms with Crippen molar-refractivity contribution in [1.82, 2.24) is 9.80 Å². The van der Waals surface area contributed by atoms with E-state index in [0.717, 1.165) is 0 Å². The van der Waals surface area contributed by atoms with E-state index in [4.69, 9.17) is 9.47 Å². The maximum atomic E-state index is 12.4. The van der Waals surface area contributed by atoms with Crippen LogP contribution in [-0.2, 0) is 14.3 Å². The first-order valence-electron chi connectivity index (χ1n) is 7.81. The number of rotatable bonds is 4. The van der Waals surface area contributed by atoms with Crippen molar-refractivity contribution in [2.45, 2.75) is 20.0 Å². The number of carbonyl (C=O) groups excluding carboxylic acids is 3. The van der Waals surface area contributed by atoms with Crippen LogP contribution in [0.1, 0.15) is 24.2 Å². The van der Waals surface area contributed by atoms with E-state index in [0.29, 0.717) is 37.5 Å². The third kappa shape index (κ3) is 4.24. The van der Waals surface area contributed by atoms with Gasteiger partial charge in [0.15, 0.2) is 6.10 Å². The number of esters is 1. The highest BCUT2D eigenvalue weighted by atomic mass is 16.5. The molecule has 130 valence electrons.